The second-order valence-corrected chi connectivity index (χ2v) is 4.79. The highest BCUT2D eigenvalue weighted by molar-refractivity contribution is 5.66. The van der Waals surface area contributed by atoms with E-state index in [1.165, 1.54) is 16.9 Å². The van der Waals surface area contributed by atoms with Gasteiger partial charge >= 0.3 is 0 Å². The van der Waals surface area contributed by atoms with E-state index in [-0.39, 0.29) is 0 Å². The van der Waals surface area contributed by atoms with Crippen molar-refractivity contribution in [3.8, 4) is 0 Å². The lowest BCUT2D eigenvalue weighted by atomic mass is 10.00. The molecule has 0 aliphatic heterocycles. The minimum atomic E-state index is 0.541. The molecule has 0 unspecified atom stereocenters. The molecule has 0 aliphatic carbocycles. The van der Waals surface area contributed by atoms with Gasteiger partial charge in [-0.25, -0.2) is 0 Å². The predicted molar refractivity (Wildman–Crippen MR) is 79.7 cm³/mol. The van der Waals surface area contributed by atoms with Crippen LogP contribution in [-0.2, 0) is 0 Å². The maximum Gasteiger partial charge on any atom is 0.0445 e. The minimum Gasteiger partial charge on any atom is -0.342 e. The monoisotopic (exact) mass is 239 g/mol. The predicted octanol–water partition coefficient (Wildman–Crippen LogP) is 4.97. The molecular formula is C17H21N. The molecule has 94 valence electrons. The molecule has 0 heterocycles. The fourth-order valence-corrected chi connectivity index (χ4v) is 2.32. The number of anilines is 2. The smallest absolute Gasteiger partial charge is 0.0445 e. The Kier molecular flexibility index (Phi) is 4.03. The van der Waals surface area contributed by atoms with Crippen LogP contribution in [0.4, 0.5) is 11.4 Å². The fourth-order valence-electron chi connectivity index (χ4n) is 2.32. The standard InChI is InChI=1S/C17H21N/c1-4-18(15-10-6-5-7-11-15)17-13-9-8-12-16(17)14(2)3/h5-14H,4H2,1-3H3. The molecule has 0 aromatic heterocycles. The van der Waals surface area contributed by atoms with Gasteiger partial charge in [-0.2, -0.15) is 0 Å². The first kappa shape index (κ1) is 12.7. The normalized spacial score (nSPS) is 10.7. The molecule has 0 fully saturated rings. The zero-order valence-electron chi connectivity index (χ0n) is 11.4. The van der Waals surface area contributed by atoms with Crippen molar-refractivity contribution in [3.63, 3.8) is 0 Å². The van der Waals surface area contributed by atoms with Crippen molar-refractivity contribution in [3.05, 3.63) is 60.2 Å². The molecular weight excluding hydrogens is 218 g/mol. The van der Waals surface area contributed by atoms with Gasteiger partial charge in [0.15, 0.2) is 0 Å². The number of hydrogen-bond acceptors (Lipinski definition) is 1. The van der Waals surface area contributed by atoms with Crippen LogP contribution in [0.5, 0.6) is 0 Å². The van der Waals surface area contributed by atoms with Crippen molar-refractivity contribution < 1.29 is 0 Å². The number of para-hydroxylation sites is 2. The first-order chi connectivity index (χ1) is 8.74. The molecule has 0 aliphatic rings. The van der Waals surface area contributed by atoms with Gasteiger partial charge in [-0.3, -0.25) is 0 Å². The van der Waals surface area contributed by atoms with Crippen molar-refractivity contribution in [2.75, 3.05) is 11.4 Å². The summed E-state index contributed by atoms with van der Waals surface area (Å²) in [5.74, 6) is 0.541. The van der Waals surface area contributed by atoms with Crippen LogP contribution in [0.3, 0.4) is 0 Å². The van der Waals surface area contributed by atoms with Crippen LogP contribution in [0.1, 0.15) is 32.3 Å². The molecule has 1 heteroatoms. The lowest BCUT2D eigenvalue weighted by Gasteiger charge is -2.27. The zero-order chi connectivity index (χ0) is 13.0. The van der Waals surface area contributed by atoms with Crippen molar-refractivity contribution in [1.29, 1.82) is 0 Å². The van der Waals surface area contributed by atoms with Gasteiger partial charge < -0.3 is 4.90 Å². The third-order valence-electron chi connectivity index (χ3n) is 3.23. The topological polar surface area (TPSA) is 3.24 Å². The molecule has 0 spiro atoms. The second-order valence-electron chi connectivity index (χ2n) is 4.79. The second kappa shape index (κ2) is 5.72. The Hall–Kier alpha value is -1.76. The zero-order valence-corrected chi connectivity index (χ0v) is 11.4. The van der Waals surface area contributed by atoms with Crippen LogP contribution in [-0.4, -0.2) is 6.54 Å². The summed E-state index contributed by atoms with van der Waals surface area (Å²) in [5.41, 5.74) is 3.98. The maximum atomic E-state index is 2.37. The van der Waals surface area contributed by atoms with Crippen LogP contribution >= 0.6 is 0 Å². The van der Waals surface area contributed by atoms with Gasteiger partial charge in [-0.05, 0) is 36.6 Å². The van der Waals surface area contributed by atoms with Crippen LogP contribution < -0.4 is 4.90 Å². The average molecular weight is 239 g/mol. The maximum absolute atomic E-state index is 2.37. The molecule has 0 radical (unpaired) electrons. The Morgan fingerprint density at radius 2 is 1.50 bits per heavy atom. The molecule has 0 amide bonds. The average Bonchev–Trinajstić information content (AvgIpc) is 2.41. The quantitative estimate of drug-likeness (QED) is 0.728. The van der Waals surface area contributed by atoms with Gasteiger partial charge in [-0.1, -0.05) is 50.2 Å². The van der Waals surface area contributed by atoms with Crippen LogP contribution in [0.25, 0.3) is 0 Å². The molecule has 1 nitrogen and oxygen atoms in total. The molecule has 0 bridgehead atoms. The van der Waals surface area contributed by atoms with E-state index in [1.54, 1.807) is 0 Å². The van der Waals surface area contributed by atoms with Crippen LogP contribution in [0.2, 0.25) is 0 Å². The minimum absolute atomic E-state index is 0.541. The Bertz CT molecular complexity index is 488. The highest BCUT2D eigenvalue weighted by Gasteiger charge is 2.12. The number of nitrogens with zero attached hydrogens (tertiary/aromatic N) is 1. The first-order valence-corrected chi connectivity index (χ1v) is 6.65. The number of hydrogen-bond donors (Lipinski definition) is 0. The summed E-state index contributed by atoms with van der Waals surface area (Å²) in [5, 5.41) is 0. The van der Waals surface area contributed by atoms with Crippen molar-refractivity contribution >= 4 is 11.4 Å². The van der Waals surface area contributed by atoms with Crippen LogP contribution in [0, 0.1) is 0 Å². The summed E-state index contributed by atoms with van der Waals surface area (Å²) >= 11 is 0. The summed E-state index contributed by atoms with van der Waals surface area (Å²) in [6, 6.07) is 19.3. The van der Waals surface area contributed by atoms with Crippen molar-refractivity contribution in [2.45, 2.75) is 26.7 Å². The third kappa shape index (κ3) is 2.56. The van der Waals surface area contributed by atoms with Gasteiger partial charge in [0.1, 0.15) is 0 Å². The largest absolute Gasteiger partial charge is 0.342 e. The molecule has 0 atom stereocenters. The Morgan fingerprint density at radius 3 is 2.11 bits per heavy atom. The van der Waals surface area contributed by atoms with Gasteiger partial charge in [0.25, 0.3) is 0 Å². The molecule has 0 N–H and O–H groups in total. The molecule has 2 rings (SSSR count). The Morgan fingerprint density at radius 1 is 0.889 bits per heavy atom. The van der Waals surface area contributed by atoms with E-state index in [0.717, 1.165) is 6.54 Å². The van der Waals surface area contributed by atoms with E-state index in [4.69, 9.17) is 0 Å². The summed E-state index contributed by atoms with van der Waals surface area (Å²) in [6.07, 6.45) is 0. The van der Waals surface area contributed by atoms with Gasteiger partial charge in [-0.15, -0.1) is 0 Å². The van der Waals surface area contributed by atoms with Gasteiger partial charge in [0.2, 0.25) is 0 Å². The first-order valence-electron chi connectivity index (χ1n) is 6.65. The van der Waals surface area contributed by atoms with E-state index in [2.05, 4.69) is 80.3 Å². The summed E-state index contributed by atoms with van der Waals surface area (Å²) in [7, 11) is 0. The van der Waals surface area contributed by atoms with Gasteiger partial charge in [0.05, 0.1) is 0 Å². The van der Waals surface area contributed by atoms with Crippen molar-refractivity contribution in [1.82, 2.24) is 0 Å². The van der Waals surface area contributed by atoms with E-state index < -0.39 is 0 Å². The lowest BCUT2D eigenvalue weighted by Crippen LogP contribution is -2.17. The molecule has 18 heavy (non-hydrogen) atoms. The summed E-state index contributed by atoms with van der Waals surface area (Å²) in [4.78, 5) is 2.37. The number of rotatable bonds is 4. The van der Waals surface area contributed by atoms with E-state index >= 15 is 0 Å². The van der Waals surface area contributed by atoms with Crippen molar-refractivity contribution in [2.24, 2.45) is 0 Å². The molecule has 0 saturated heterocycles. The van der Waals surface area contributed by atoms with E-state index in [0.29, 0.717) is 5.92 Å². The highest BCUT2D eigenvalue weighted by Crippen LogP contribution is 2.32. The summed E-state index contributed by atoms with van der Waals surface area (Å²) in [6.45, 7) is 7.67. The molecule has 2 aromatic rings. The number of benzene rings is 2. The summed E-state index contributed by atoms with van der Waals surface area (Å²) < 4.78 is 0. The lowest BCUT2D eigenvalue weighted by molar-refractivity contribution is 0.855. The third-order valence-corrected chi connectivity index (χ3v) is 3.23. The molecule has 2 aromatic carbocycles. The van der Waals surface area contributed by atoms with E-state index in [9.17, 15) is 0 Å². The van der Waals surface area contributed by atoms with Crippen LogP contribution in [0.15, 0.2) is 54.6 Å². The van der Waals surface area contributed by atoms with E-state index in [1.807, 2.05) is 0 Å². The Labute approximate surface area is 110 Å². The van der Waals surface area contributed by atoms with Gasteiger partial charge in [0, 0.05) is 17.9 Å². The molecule has 0 saturated carbocycles. The fraction of sp³-hybridized carbons (Fsp3) is 0.294. The Balaban J connectivity index is 2.46. The highest BCUT2D eigenvalue weighted by atomic mass is 15.1. The SMILES string of the molecule is CCN(c1ccccc1)c1ccccc1C(C)C.